The van der Waals surface area contributed by atoms with Gasteiger partial charge in [-0.2, -0.15) is 9.78 Å². The van der Waals surface area contributed by atoms with Gasteiger partial charge in [0.1, 0.15) is 5.82 Å². The molecule has 34 heavy (non-hydrogen) atoms. The van der Waals surface area contributed by atoms with E-state index in [-0.39, 0.29) is 27.8 Å². The number of rotatable bonds is 8. The number of halogens is 2. The van der Waals surface area contributed by atoms with Gasteiger partial charge in [-0.05, 0) is 30.7 Å². The topological polar surface area (TPSA) is 126 Å². The molecule has 0 radical (unpaired) electrons. The van der Waals surface area contributed by atoms with E-state index in [1.54, 1.807) is 18.2 Å². The van der Waals surface area contributed by atoms with Gasteiger partial charge in [-0.15, -0.1) is 0 Å². The summed E-state index contributed by atoms with van der Waals surface area (Å²) in [5, 5.41) is 16.1. The van der Waals surface area contributed by atoms with E-state index in [1.165, 1.54) is 23.0 Å². The number of ether oxygens (including phenoxy) is 2. The Morgan fingerprint density at radius 1 is 1.38 bits per heavy atom. The number of aromatic nitrogens is 2. The molecule has 0 unspecified atom stereocenters. The molecule has 1 aromatic heterocycles. The van der Waals surface area contributed by atoms with Crippen molar-refractivity contribution in [1.29, 1.82) is 0 Å². The Hall–Kier alpha value is -3.31. The van der Waals surface area contributed by atoms with Gasteiger partial charge in [-0.1, -0.05) is 41.4 Å². The molecule has 0 spiro atoms. The number of methoxy groups -OCH3 is 1. The van der Waals surface area contributed by atoms with Crippen molar-refractivity contribution in [2.75, 3.05) is 13.7 Å². The lowest BCUT2D eigenvalue weighted by Crippen LogP contribution is -2.23. The first kappa shape index (κ1) is 25.3. The van der Waals surface area contributed by atoms with Crippen molar-refractivity contribution in [3.63, 3.8) is 0 Å². The number of fused-ring (bicyclic) bond motifs is 1. The van der Waals surface area contributed by atoms with Gasteiger partial charge in [0.2, 0.25) is 5.75 Å². The van der Waals surface area contributed by atoms with Crippen LogP contribution in [-0.2, 0) is 9.53 Å². The lowest BCUT2D eigenvalue weighted by atomic mass is 10.1. The molecular weight excluding hydrogens is 532 g/mol. The first-order valence-electron chi connectivity index (χ1n) is 10.1. The van der Waals surface area contributed by atoms with Crippen LogP contribution in [0.5, 0.6) is 5.75 Å². The van der Waals surface area contributed by atoms with Crippen molar-refractivity contribution in [2.45, 2.75) is 26.2 Å². The van der Waals surface area contributed by atoms with Crippen molar-refractivity contribution < 1.29 is 19.2 Å². The maximum atomic E-state index is 13.2. The number of hydrogen-bond acceptors (Lipinski definition) is 8. The highest BCUT2D eigenvalue weighted by molar-refractivity contribution is 9.10. The SMILES string of the molecule is CC[C@@H](C)c1nc2ccc(Br)cc2c(=O)n1N=Cc1cc(Cl)c(OCC(=O)OC)c([N+](=O)[O-])c1. The Morgan fingerprint density at radius 3 is 2.76 bits per heavy atom. The van der Waals surface area contributed by atoms with Gasteiger partial charge < -0.3 is 9.47 Å². The fourth-order valence-electron chi connectivity index (χ4n) is 3.05. The van der Waals surface area contributed by atoms with E-state index in [9.17, 15) is 19.7 Å². The summed E-state index contributed by atoms with van der Waals surface area (Å²) in [5.74, 6) is -0.616. The summed E-state index contributed by atoms with van der Waals surface area (Å²) in [6, 6.07) is 7.77. The molecule has 10 nitrogen and oxygen atoms in total. The van der Waals surface area contributed by atoms with Gasteiger partial charge >= 0.3 is 11.7 Å². The lowest BCUT2D eigenvalue weighted by Gasteiger charge is -2.14. The number of carbonyl (C=O) groups is 1. The van der Waals surface area contributed by atoms with Crippen LogP contribution < -0.4 is 10.3 Å². The molecule has 178 valence electrons. The minimum Gasteiger partial charge on any atom is -0.474 e. The predicted molar refractivity (Wildman–Crippen MR) is 131 cm³/mol. The minimum absolute atomic E-state index is 0.0788. The van der Waals surface area contributed by atoms with Crippen LogP contribution in [0.3, 0.4) is 0 Å². The second kappa shape index (κ2) is 10.7. The molecule has 0 saturated carbocycles. The molecule has 0 bridgehead atoms. The second-order valence-corrected chi connectivity index (χ2v) is 8.60. The fourth-order valence-corrected chi connectivity index (χ4v) is 3.68. The third kappa shape index (κ3) is 5.42. The van der Waals surface area contributed by atoms with Crippen LogP contribution in [-0.4, -0.2) is 40.5 Å². The molecule has 0 saturated heterocycles. The molecule has 3 rings (SSSR count). The summed E-state index contributed by atoms with van der Waals surface area (Å²) in [6.45, 7) is 3.34. The average Bonchev–Trinajstić information content (AvgIpc) is 2.81. The summed E-state index contributed by atoms with van der Waals surface area (Å²) >= 11 is 9.55. The van der Waals surface area contributed by atoms with Crippen LogP contribution >= 0.6 is 27.5 Å². The highest BCUT2D eigenvalue weighted by Crippen LogP contribution is 2.36. The third-order valence-corrected chi connectivity index (χ3v) is 5.79. The molecule has 1 heterocycles. The Bertz CT molecular complexity index is 1360. The molecule has 0 aliphatic rings. The Labute approximate surface area is 207 Å². The third-order valence-electron chi connectivity index (χ3n) is 5.01. The van der Waals surface area contributed by atoms with Crippen LogP contribution in [0.4, 0.5) is 5.69 Å². The van der Waals surface area contributed by atoms with Crippen molar-refractivity contribution in [3.05, 3.63) is 71.7 Å². The van der Waals surface area contributed by atoms with Crippen LogP contribution in [0.1, 0.15) is 37.6 Å². The van der Waals surface area contributed by atoms with Crippen molar-refractivity contribution >= 4 is 56.3 Å². The maximum Gasteiger partial charge on any atom is 0.343 e. The first-order valence-corrected chi connectivity index (χ1v) is 11.3. The largest absolute Gasteiger partial charge is 0.474 e. The molecular formula is C22H20BrClN4O6. The van der Waals surface area contributed by atoms with Gasteiger partial charge in [-0.3, -0.25) is 14.9 Å². The summed E-state index contributed by atoms with van der Waals surface area (Å²) in [7, 11) is 1.16. The summed E-state index contributed by atoms with van der Waals surface area (Å²) in [5.41, 5.74) is -0.0522. The summed E-state index contributed by atoms with van der Waals surface area (Å²) in [6.07, 6.45) is 2.00. The van der Waals surface area contributed by atoms with E-state index in [0.29, 0.717) is 23.1 Å². The molecule has 1 atom stereocenters. The van der Waals surface area contributed by atoms with E-state index in [1.807, 2.05) is 13.8 Å². The minimum atomic E-state index is -0.719. The van der Waals surface area contributed by atoms with Gasteiger partial charge in [-0.25, -0.2) is 9.78 Å². The zero-order valence-electron chi connectivity index (χ0n) is 18.4. The fraction of sp³-hybridized carbons (Fsp3) is 0.273. The molecule has 0 aliphatic carbocycles. The van der Waals surface area contributed by atoms with Gasteiger partial charge in [0, 0.05) is 22.0 Å². The normalized spacial score (nSPS) is 12.1. The summed E-state index contributed by atoms with van der Waals surface area (Å²) in [4.78, 5) is 40.0. The second-order valence-electron chi connectivity index (χ2n) is 7.28. The standard InChI is InChI=1S/C22H20BrClN4O6/c1-4-12(2)21-26-17-6-5-14(23)9-15(17)22(30)27(21)25-10-13-7-16(24)20(18(8-13)28(31)32)34-11-19(29)33-3/h5-10,12H,4,11H2,1-3H3/t12-/m1/s1. The zero-order valence-corrected chi connectivity index (χ0v) is 20.8. The molecule has 2 aromatic carbocycles. The highest BCUT2D eigenvalue weighted by Gasteiger charge is 2.22. The van der Waals surface area contributed by atoms with Gasteiger partial charge in [0.05, 0.1) is 34.2 Å². The van der Waals surface area contributed by atoms with E-state index >= 15 is 0 Å². The highest BCUT2D eigenvalue weighted by atomic mass is 79.9. The van der Waals surface area contributed by atoms with Crippen LogP contribution in [0, 0.1) is 10.1 Å². The number of nitro benzene ring substituents is 1. The molecule has 0 N–H and O–H groups in total. The Kier molecular flexibility index (Phi) is 8.00. The predicted octanol–water partition coefficient (Wildman–Crippen LogP) is 4.67. The van der Waals surface area contributed by atoms with Gasteiger partial charge in [0.15, 0.2) is 6.61 Å². The Balaban J connectivity index is 2.10. The molecule has 3 aromatic rings. The number of carbonyl (C=O) groups excluding carboxylic acids is 1. The van der Waals surface area contributed by atoms with Crippen molar-refractivity contribution in [2.24, 2.45) is 5.10 Å². The zero-order chi connectivity index (χ0) is 25.0. The average molecular weight is 552 g/mol. The molecule has 0 amide bonds. The van der Waals surface area contributed by atoms with Gasteiger partial charge in [0.25, 0.3) is 5.56 Å². The van der Waals surface area contributed by atoms with Crippen LogP contribution in [0.15, 0.2) is 44.7 Å². The maximum absolute atomic E-state index is 13.2. The monoisotopic (exact) mass is 550 g/mol. The number of nitro groups is 1. The molecule has 0 fully saturated rings. The van der Waals surface area contributed by atoms with E-state index in [4.69, 9.17) is 16.3 Å². The lowest BCUT2D eigenvalue weighted by molar-refractivity contribution is -0.385. The van der Waals surface area contributed by atoms with E-state index in [0.717, 1.165) is 11.6 Å². The summed E-state index contributed by atoms with van der Waals surface area (Å²) < 4.78 is 11.6. The smallest absolute Gasteiger partial charge is 0.343 e. The first-order chi connectivity index (χ1) is 16.2. The number of nitrogens with zero attached hydrogens (tertiary/aromatic N) is 4. The quantitative estimate of drug-likeness (QED) is 0.172. The van der Waals surface area contributed by atoms with Crippen molar-refractivity contribution in [1.82, 2.24) is 9.66 Å². The van der Waals surface area contributed by atoms with E-state index in [2.05, 4.69) is 30.8 Å². The molecule has 0 aliphatic heterocycles. The van der Waals surface area contributed by atoms with Crippen molar-refractivity contribution in [3.8, 4) is 5.75 Å². The molecule has 12 heteroatoms. The number of esters is 1. The van der Waals surface area contributed by atoms with E-state index < -0.39 is 23.2 Å². The Morgan fingerprint density at radius 2 is 2.12 bits per heavy atom. The number of benzene rings is 2. The number of hydrogen-bond donors (Lipinski definition) is 0. The van der Waals surface area contributed by atoms with Crippen LogP contribution in [0.2, 0.25) is 5.02 Å². The van der Waals surface area contributed by atoms with Crippen LogP contribution in [0.25, 0.3) is 10.9 Å².